The van der Waals surface area contributed by atoms with E-state index in [1.165, 1.54) is 176 Å². The Balaban J connectivity index is 0.000000227. The van der Waals surface area contributed by atoms with Gasteiger partial charge in [0.05, 0.1) is 26.9 Å². The summed E-state index contributed by atoms with van der Waals surface area (Å²) in [6, 6.07) is 51.4. The highest BCUT2D eigenvalue weighted by atomic mass is 16.5. The number of unbranched alkanes of at least 4 members (excludes halogenated alkanes) is 13. The zero-order valence-electron chi connectivity index (χ0n) is 59.6. The Bertz CT molecular complexity index is 3060. The number of ether oxygens (including phenoxy) is 4. The molecule has 0 amide bonds. The van der Waals surface area contributed by atoms with Gasteiger partial charge in [0.2, 0.25) is 0 Å². The summed E-state index contributed by atoms with van der Waals surface area (Å²) in [6.45, 7) is 17.6. The number of nitrogens with zero attached hydrogens (tertiary/aromatic N) is 4. The van der Waals surface area contributed by atoms with E-state index in [0.29, 0.717) is 0 Å². The zero-order valence-corrected chi connectivity index (χ0v) is 59.6. The minimum absolute atomic E-state index is 0.718. The second kappa shape index (κ2) is 50.2. The van der Waals surface area contributed by atoms with Crippen molar-refractivity contribution in [3.63, 3.8) is 0 Å². The molecule has 0 radical (unpaired) electrons. The molecule has 4 aromatic carbocycles. The van der Waals surface area contributed by atoms with E-state index in [2.05, 4.69) is 201 Å². The van der Waals surface area contributed by atoms with E-state index in [-0.39, 0.29) is 0 Å². The summed E-state index contributed by atoms with van der Waals surface area (Å²) < 4.78 is 22.0. The lowest BCUT2D eigenvalue weighted by Crippen LogP contribution is -1.97. The molecular weight excluding hydrogens is 1150 g/mol. The van der Waals surface area contributed by atoms with Gasteiger partial charge in [0.1, 0.15) is 23.0 Å². The normalized spacial score (nSPS) is 10.7. The molecule has 0 saturated carbocycles. The quantitative estimate of drug-likeness (QED) is 0.0350. The zero-order chi connectivity index (χ0) is 66.7. The maximum Gasteiger partial charge on any atom is 0.119 e. The molecule has 0 bridgehead atoms. The maximum absolute atomic E-state index is 5.71. The van der Waals surface area contributed by atoms with Crippen LogP contribution in [0.25, 0.3) is 0 Å². The first-order valence-electron chi connectivity index (χ1n) is 36.8. The number of rotatable bonds is 42. The Morgan fingerprint density at radius 2 is 0.479 bits per heavy atom. The first-order chi connectivity index (χ1) is 46.3. The molecule has 0 aliphatic heterocycles. The summed E-state index contributed by atoms with van der Waals surface area (Å²) in [5, 5.41) is 0. The average Bonchev–Trinajstić information content (AvgIpc) is 3.52. The van der Waals surface area contributed by atoms with Gasteiger partial charge in [-0.05, 0) is 240 Å². The molecule has 8 heteroatoms. The molecule has 4 aromatic heterocycles. The third-order valence-electron chi connectivity index (χ3n) is 17.0. The Morgan fingerprint density at radius 3 is 0.723 bits per heavy atom. The van der Waals surface area contributed by atoms with Crippen LogP contribution >= 0.6 is 0 Å². The summed E-state index contributed by atoms with van der Waals surface area (Å²) in [5.41, 5.74) is 15.6. The number of pyridine rings is 4. The number of hydrogen-bond acceptors (Lipinski definition) is 8. The van der Waals surface area contributed by atoms with E-state index in [1.807, 2.05) is 37.6 Å². The van der Waals surface area contributed by atoms with Crippen LogP contribution in [0.2, 0.25) is 0 Å². The molecule has 0 spiro atoms. The van der Waals surface area contributed by atoms with Crippen LogP contribution in [0.5, 0.6) is 23.0 Å². The largest absolute Gasteiger partial charge is 0.497 e. The van der Waals surface area contributed by atoms with Crippen molar-refractivity contribution in [2.45, 2.75) is 248 Å². The molecule has 8 aromatic rings. The highest BCUT2D eigenvalue weighted by Gasteiger charge is 2.06. The number of hydrogen-bond donors (Lipinski definition) is 0. The SMILES string of the molecule is CCCCCCc1ccc(CCc2ccc(OC)cc2)cn1.CCCCCCc1ccc(CCc2ccc(OCC)cc2)cn1.CCCCCCc1ccc(CCc2ccc(OCCC)cc2)cn1.CCCCCCc1ccc(CCc2ccc(OCCCC)cc2)cn1. The summed E-state index contributed by atoms with van der Waals surface area (Å²) in [7, 11) is 1.70. The van der Waals surface area contributed by atoms with E-state index in [4.69, 9.17) is 18.9 Å². The van der Waals surface area contributed by atoms with Gasteiger partial charge >= 0.3 is 0 Å². The van der Waals surface area contributed by atoms with E-state index in [1.54, 1.807) is 7.11 Å². The number of benzene rings is 4. The van der Waals surface area contributed by atoms with Gasteiger partial charge in [0, 0.05) is 47.6 Å². The van der Waals surface area contributed by atoms with Gasteiger partial charge in [-0.25, -0.2) is 0 Å². The molecule has 0 saturated heterocycles. The predicted molar refractivity (Wildman–Crippen MR) is 398 cm³/mol. The van der Waals surface area contributed by atoms with Crippen LogP contribution in [-0.2, 0) is 77.0 Å². The minimum Gasteiger partial charge on any atom is -0.497 e. The first-order valence-corrected chi connectivity index (χ1v) is 36.8. The summed E-state index contributed by atoms with van der Waals surface area (Å²) in [4.78, 5) is 18.4. The van der Waals surface area contributed by atoms with Gasteiger partial charge in [0.25, 0.3) is 0 Å². The van der Waals surface area contributed by atoms with Crippen LogP contribution in [0.1, 0.15) is 238 Å². The van der Waals surface area contributed by atoms with Crippen LogP contribution in [0, 0.1) is 0 Å². The third kappa shape index (κ3) is 34.7. The number of methoxy groups -OCH3 is 1. The lowest BCUT2D eigenvalue weighted by Gasteiger charge is -2.07. The summed E-state index contributed by atoms with van der Waals surface area (Å²) in [5.74, 6) is 3.81. The first kappa shape index (κ1) is 77.4. The van der Waals surface area contributed by atoms with Crippen LogP contribution in [0.15, 0.2) is 170 Å². The lowest BCUT2D eigenvalue weighted by molar-refractivity contribution is 0.309. The highest BCUT2D eigenvalue weighted by Crippen LogP contribution is 2.20. The molecule has 0 unspecified atom stereocenters. The van der Waals surface area contributed by atoms with Crippen molar-refractivity contribution in [1.82, 2.24) is 19.9 Å². The summed E-state index contributed by atoms with van der Waals surface area (Å²) in [6.07, 6.45) is 45.1. The minimum atomic E-state index is 0.718. The van der Waals surface area contributed by atoms with Crippen LogP contribution in [-0.4, -0.2) is 46.9 Å². The van der Waals surface area contributed by atoms with E-state index >= 15 is 0 Å². The predicted octanol–water partition coefficient (Wildman–Crippen LogP) is 22.3. The molecule has 0 aliphatic rings. The molecule has 94 heavy (non-hydrogen) atoms. The second-order valence-corrected chi connectivity index (χ2v) is 25.1. The van der Waals surface area contributed by atoms with Crippen molar-refractivity contribution in [3.05, 3.63) is 238 Å². The number of aryl methyl sites for hydroxylation is 12. The Labute approximate surface area is 571 Å². The Morgan fingerprint density at radius 1 is 0.223 bits per heavy atom. The Kier molecular flexibility index (Phi) is 41.3. The van der Waals surface area contributed by atoms with Crippen LogP contribution < -0.4 is 18.9 Å². The van der Waals surface area contributed by atoms with Crippen molar-refractivity contribution in [1.29, 1.82) is 0 Å². The molecule has 8 rings (SSSR count). The van der Waals surface area contributed by atoms with Gasteiger partial charge < -0.3 is 18.9 Å². The van der Waals surface area contributed by atoms with Crippen LogP contribution in [0.3, 0.4) is 0 Å². The maximum atomic E-state index is 5.71. The molecule has 0 aliphatic carbocycles. The molecule has 0 atom stereocenters. The van der Waals surface area contributed by atoms with E-state index < -0.39 is 0 Å². The van der Waals surface area contributed by atoms with Crippen molar-refractivity contribution in [2.24, 2.45) is 0 Å². The Hall–Kier alpha value is -7.32. The smallest absolute Gasteiger partial charge is 0.119 e. The second-order valence-electron chi connectivity index (χ2n) is 25.1. The van der Waals surface area contributed by atoms with Gasteiger partial charge in [-0.15, -0.1) is 0 Å². The van der Waals surface area contributed by atoms with E-state index in [0.717, 1.165) is 133 Å². The van der Waals surface area contributed by atoms with Crippen molar-refractivity contribution < 1.29 is 18.9 Å². The number of aromatic nitrogens is 4. The molecule has 8 nitrogen and oxygen atoms in total. The molecule has 508 valence electrons. The van der Waals surface area contributed by atoms with Gasteiger partial charge in [0.15, 0.2) is 0 Å². The standard InChI is InChI=1S/C23H33NO.C22H31NO.C21H29NO.C20H27NO/c1-3-5-7-8-9-22-15-12-21(19-24-22)11-10-20-13-16-23(17-14-20)25-18-6-4-2;1-3-5-6-7-8-21-14-11-20(18-23-21)10-9-19-12-15-22(16-13-19)24-17-4-2;1-3-5-6-7-8-20-14-11-19(17-22-20)10-9-18-12-15-21(16-13-18)23-4-2;1-3-4-5-6-7-19-13-10-18(16-21-19)9-8-17-11-14-20(22-2)15-12-17/h12-17,19H,3-11,18H2,1-2H3;11-16,18H,3-10,17H2,1-2H3;11-17H,3-10H2,1-2H3;10-16H,3-9H2,1-2H3. The summed E-state index contributed by atoms with van der Waals surface area (Å²) >= 11 is 0. The lowest BCUT2D eigenvalue weighted by atomic mass is 10.0. The molecule has 0 N–H and O–H groups in total. The van der Waals surface area contributed by atoms with Crippen molar-refractivity contribution in [2.75, 3.05) is 26.9 Å². The molecule has 4 heterocycles. The van der Waals surface area contributed by atoms with Gasteiger partial charge in [-0.3, -0.25) is 19.9 Å². The van der Waals surface area contributed by atoms with Gasteiger partial charge in [-0.1, -0.05) is 198 Å². The molecule has 0 fully saturated rings. The monoisotopic (exact) mass is 1270 g/mol. The highest BCUT2D eigenvalue weighted by molar-refractivity contribution is 5.32. The van der Waals surface area contributed by atoms with Crippen LogP contribution in [0.4, 0.5) is 0 Å². The fourth-order valence-electron chi connectivity index (χ4n) is 10.9. The van der Waals surface area contributed by atoms with Crippen molar-refractivity contribution in [3.8, 4) is 23.0 Å². The third-order valence-corrected chi connectivity index (χ3v) is 17.0. The van der Waals surface area contributed by atoms with Gasteiger partial charge in [-0.2, -0.15) is 0 Å². The fourth-order valence-corrected chi connectivity index (χ4v) is 10.9. The topological polar surface area (TPSA) is 88.5 Å². The average molecular weight is 1270 g/mol. The van der Waals surface area contributed by atoms with E-state index in [9.17, 15) is 0 Å². The fraction of sp³-hybridized carbons (Fsp3) is 0.488. The van der Waals surface area contributed by atoms with Crippen molar-refractivity contribution >= 4 is 0 Å². The molecular formula is C86H120N4O4.